The number of ether oxygens (including phenoxy) is 2. The molecule has 0 spiro atoms. The van der Waals surface area contributed by atoms with Gasteiger partial charge in [0.2, 0.25) is 5.88 Å². The van der Waals surface area contributed by atoms with Crippen LogP contribution in [0.4, 0.5) is 5.69 Å². The van der Waals surface area contributed by atoms with Crippen LogP contribution < -0.4 is 19.7 Å². The second-order valence-electron chi connectivity index (χ2n) is 7.83. The minimum absolute atomic E-state index is 0.0850. The van der Waals surface area contributed by atoms with Crippen molar-refractivity contribution in [2.24, 2.45) is 0 Å². The molecular formula is C24H21N5O5. The highest BCUT2D eigenvalue weighted by atomic mass is 16.5. The molecule has 34 heavy (non-hydrogen) atoms. The van der Waals surface area contributed by atoms with Gasteiger partial charge in [-0.25, -0.2) is 9.97 Å². The lowest BCUT2D eigenvalue weighted by Crippen LogP contribution is -2.49. The number of anilines is 1. The molecule has 2 N–H and O–H groups in total. The minimum atomic E-state index is -0.956. The second-order valence-corrected chi connectivity index (χ2v) is 7.83. The normalized spacial score (nSPS) is 17.4. The summed E-state index contributed by atoms with van der Waals surface area (Å²) in [6, 6.07) is 5.43. The highest BCUT2D eigenvalue weighted by molar-refractivity contribution is 6.04. The van der Waals surface area contributed by atoms with Crippen molar-refractivity contribution in [2.45, 2.75) is 18.9 Å². The zero-order valence-electron chi connectivity index (χ0n) is 18.3. The molecule has 0 saturated carbocycles. The number of hydrogen-bond acceptors (Lipinski definition) is 8. The molecule has 2 amide bonds. The van der Waals surface area contributed by atoms with Crippen LogP contribution in [0, 0.1) is 0 Å². The Morgan fingerprint density at radius 2 is 2.12 bits per heavy atom. The van der Waals surface area contributed by atoms with Crippen LogP contribution in [0.2, 0.25) is 0 Å². The smallest absolute Gasteiger partial charge is 0.270 e. The number of nitrogens with zero attached hydrogens (tertiary/aromatic N) is 4. The molecule has 3 aromatic rings. The Bertz CT molecular complexity index is 1350. The molecule has 10 nitrogen and oxygen atoms in total. The Morgan fingerprint density at radius 1 is 1.24 bits per heavy atom. The Morgan fingerprint density at radius 3 is 2.94 bits per heavy atom. The Labute approximate surface area is 194 Å². The number of nitrogens with one attached hydrogen (secondary N) is 1. The van der Waals surface area contributed by atoms with Gasteiger partial charge in [-0.05, 0) is 37.1 Å². The molecule has 2 aromatic heterocycles. The molecular weight excluding hydrogens is 438 g/mol. The van der Waals surface area contributed by atoms with Crippen LogP contribution >= 0.6 is 0 Å². The number of allylic oxidation sites excluding steroid dienone is 3. The number of benzene rings is 1. The maximum atomic E-state index is 13.1. The molecule has 10 heteroatoms. The molecule has 0 fully saturated rings. The predicted molar refractivity (Wildman–Crippen MR) is 123 cm³/mol. The van der Waals surface area contributed by atoms with Crippen molar-refractivity contribution in [3.63, 3.8) is 0 Å². The van der Waals surface area contributed by atoms with Gasteiger partial charge in [0, 0.05) is 25.4 Å². The summed E-state index contributed by atoms with van der Waals surface area (Å²) in [6.45, 7) is -0.0850. The number of carbonyl (C=O) groups excluding carboxylic acids is 2. The van der Waals surface area contributed by atoms with Crippen LogP contribution in [0.1, 0.15) is 23.3 Å². The van der Waals surface area contributed by atoms with E-state index >= 15 is 0 Å². The number of pyridine rings is 1. The summed E-state index contributed by atoms with van der Waals surface area (Å²) in [6.07, 6.45) is 10.5. The molecule has 172 valence electrons. The van der Waals surface area contributed by atoms with Gasteiger partial charge in [-0.3, -0.25) is 14.6 Å². The van der Waals surface area contributed by atoms with Gasteiger partial charge in [0.25, 0.3) is 11.8 Å². The highest BCUT2D eigenvalue weighted by Gasteiger charge is 2.31. The van der Waals surface area contributed by atoms with Crippen molar-refractivity contribution >= 4 is 28.4 Å². The van der Waals surface area contributed by atoms with Gasteiger partial charge < -0.3 is 24.8 Å². The second kappa shape index (κ2) is 8.81. The zero-order valence-corrected chi connectivity index (χ0v) is 18.3. The number of rotatable bonds is 4. The average molecular weight is 459 g/mol. The Hall–Kier alpha value is -4.47. The van der Waals surface area contributed by atoms with E-state index in [1.807, 2.05) is 18.2 Å². The number of amides is 2. The quantitative estimate of drug-likeness (QED) is 0.609. The summed E-state index contributed by atoms with van der Waals surface area (Å²) in [7, 11) is 1.57. The van der Waals surface area contributed by atoms with Gasteiger partial charge in [0.05, 0.1) is 16.6 Å². The van der Waals surface area contributed by atoms with Crippen LogP contribution in [0.3, 0.4) is 0 Å². The summed E-state index contributed by atoms with van der Waals surface area (Å²) in [5.74, 6) is 0.467. The molecule has 0 saturated heterocycles. The van der Waals surface area contributed by atoms with E-state index in [1.54, 1.807) is 25.2 Å². The first kappa shape index (κ1) is 21.4. The van der Waals surface area contributed by atoms with Crippen molar-refractivity contribution in [3.05, 3.63) is 66.5 Å². The standard InChI is InChI=1S/C24H21N5O5/c1-29-20-10-16-17(26-13-27-22(16)30)11-21(20)33-12-19(24(29)32)28-23(31)18-9-15(7-8-25-18)34-14-5-3-2-4-6-14/h3,5-11,13,19H,2,4,12H2,1H3,(H,28,31)(H,26,27,30). The number of aromatic nitrogens is 3. The molecule has 3 heterocycles. The van der Waals surface area contributed by atoms with Crippen molar-refractivity contribution in [1.82, 2.24) is 20.3 Å². The van der Waals surface area contributed by atoms with Crippen LogP contribution in [0.25, 0.3) is 10.9 Å². The first-order valence-electron chi connectivity index (χ1n) is 10.7. The molecule has 1 aliphatic heterocycles. The third-order valence-corrected chi connectivity index (χ3v) is 5.56. The Kier molecular flexibility index (Phi) is 5.54. The number of aromatic hydroxyl groups is 1. The predicted octanol–water partition coefficient (Wildman–Crippen LogP) is 2.50. The lowest BCUT2D eigenvalue weighted by Gasteiger charge is -2.20. The SMILES string of the molecule is CN1C(=O)C(NC(=O)c2cc(OC3=CCCC=C3)ccn2)COc2cc3ncnc(O)c3cc21. The minimum Gasteiger partial charge on any atom is -0.493 e. The maximum Gasteiger partial charge on any atom is 0.270 e. The Balaban J connectivity index is 1.34. The van der Waals surface area contributed by atoms with E-state index in [9.17, 15) is 14.7 Å². The first-order chi connectivity index (χ1) is 16.5. The van der Waals surface area contributed by atoms with E-state index in [0.29, 0.717) is 33.8 Å². The number of carbonyl (C=O) groups is 2. The number of hydrogen-bond donors (Lipinski definition) is 2. The molecule has 0 radical (unpaired) electrons. The monoisotopic (exact) mass is 459 g/mol. The van der Waals surface area contributed by atoms with Crippen LogP contribution in [-0.4, -0.2) is 51.6 Å². The van der Waals surface area contributed by atoms with E-state index in [2.05, 4.69) is 20.3 Å². The fraction of sp³-hybridized carbons (Fsp3) is 0.208. The highest BCUT2D eigenvalue weighted by Crippen LogP contribution is 2.36. The van der Waals surface area contributed by atoms with Crippen molar-refractivity contribution in [2.75, 3.05) is 18.6 Å². The first-order valence-corrected chi connectivity index (χ1v) is 10.7. The summed E-state index contributed by atoms with van der Waals surface area (Å²) < 4.78 is 11.6. The van der Waals surface area contributed by atoms with Gasteiger partial charge in [-0.1, -0.05) is 6.08 Å². The fourth-order valence-electron chi connectivity index (χ4n) is 3.77. The van der Waals surface area contributed by atoms with E-state index in [-0.39, 0.29) is 24.1 Å². The van der Waals surface area contributed by atoms with Crippen LogP contribution in [0.15, 0.2) is 60.8 Å². The summed E-state index contributed by atoms with van der Waals surface area (Å²) >= 11 is 0. The van der Waals surface area contributed by atoms with Crippen molar-refractivity contribution in [3.8, 4) is 17.4 Å². The third kappa shape index (κ3) is 4.13. The van der Waals surface area contributed by atoms with Gasteiger partial charge in [0.15, 0.2) is 0 Å². The van der Waals surface area contributed by atoms with Gasteiger partial charge in [-0.2, -0.15) is 0 Å². The zero-order chi connectivity index (χ0) is 23.7. The molecule has 2 aliphatic rings. The summed E-state index contributed by atoms with van der Waals surface area (Å²) in [5.41, 5.74) is 1.02. The largest absolute Gasteiger partial charge is 0.493 e. The van der Waals surface area contributed by atoms with Crippen molar-refractivity contribution < 1.29 is 24.2 Å². The molecule has 1 unspecified atom stereocenters. The maximum absolute atomic E-state index is 13.1. The molecule has 0 bridgehead atoms. The van der Waals surface area contributed by atoms with Gasteiger partial charge >= 0.3 is 0 Å². The van der Waals surface area contributed by atoms with Crippen LogP contribution in [0.5, 0.6) is 17.4 Å². The van der Waals surface area contributed by atoms with Gasteiger partial charge in [-0.15, -0.1) is 0 Å². The topological polar surface area (TPSA) is 127 Å². The van der Waals surface area contributed by atoms with Gasteiger partial charge in [0.1, 0.15) is 41.9 Å². The lowest BCUT2D eigenvalue weighted by atomic mass is 10.2. The number of likely N-dealkylation sites (N-methyl/N-ethyl adjacent to an activating group) is 1. The molecule has 1 atom stereocenters. The van der Waals surface area contributed by atoms with E-state index in [0.717, 1.165) is 12.8 Å². The fourth-order valence-corrected chi connectivity index (χ4v) is 3.77. The van der Waals surface area contributed by atoms with Crippen LogP contribution in [-0.2, 0) is 4.79 Å². The molecule has 1 aromatic carbocycles. The van der Waals surface area contributed by atoms with E-state index in [4.69, 9.17) is 9.47 Å². The van der Waals surface area contributed by atoms with Crippen molar-refractivity contribution in [1.29, 1.82) is 0 Å². The average Bonchev–Trinajstić information content (AvgIpc) is 2.96. The molecule has 5 rings (SSSR count). The lowest BCUT2D eigenvalue weighted by molar-refractivity contribution is -0.120. The number of fused-ring (bicyclic) bond motifs is 2. The molecule has 1 aliphatic carbocycles. The van der Waals surface area contributed by atoms with E-state index in [1.165, 1.54) is 23.5 Å². The third-order valence-electron chi connectivity index (χ3n) is 5.56. The van der Waals surface area contributed by atoms with E-state index < -0.39 is 11.9 Å². The summed E-state index contributed by atoms with van der Waals surface area (Å²) in [4.78, 5) is 39.4. The summed E-state index contributed by atoms with van der Waals surface area (Å²) in [5, 5.41) is 13.1.